The van der Waals surface area contributed by atoms with E-state index in [1.54, 1.807) is 12.1 Å². The van der Waals surface area contributed by atoms with Crippen molar-refractivity contribution in [2.24, 2.45) is 0 Å². The second-order valence-corrected chi connectivity index (χ2v) is 6.53. The van der Waals surface area contributed by atoms with E-state index >= 15 is 0 Å². The van der Waals surface area contributed by atoms with Gasteiger partial charge < -0.3 is 9.80 Å². The summed E-state index contributed by atoms with van der Waals surface area (Å²) in [6.07, 6.45) is 0. The Morgan fingerprint density at radius 1 is 1.05 bits per heavy atom. The Hall–Kier alpha value is -0.710. The lowest BCUT2D eigenvalue weighted by molar-refractivity contribution is -0.130. The lowest BCUT2D eigenvalue weighted by Crippen LogP contribution is -2.51. The average Bonchev–Trinajstić information content (AvgIpc) is 2.38. The van der Waals surface area contributed by atoms with Crippen LogP contribution in [0.2, 0.25) is 0 Å². The molecule has 0 aromatic heterocycles. The van der Waals surface area contributed by atoms with Crippen molar-refractivity contribution in [1.82, 2.24) is 4.90 Å². The molecule has 1 aliphatic heterocycles. The first-order chi connectivity index (χ1) is 8.88. The fourth-order valence-corrected chi connectivity index (χ4v) is 2.36. The van der Waals surface area contributed by atoms with Crippen molar-refractivity contribution >= 4 is 46.4 Å². The third-order valence-electron chi connectivity index (χ3n) is 3.00. The summed E-state index contributed by atoms with van der Waals surface area (Å²) in [5, 5.41) is 0. The second-order valence-electron chi connectivity index (χ2n) is 4.25. The minimum absolute atomic E-state index is 0.270. The van der Waals surface area contributed by atoms with Gasteiger partial charge in [0, 0.05) is 31.9 Å². The van der Waals surface area contributed by atoms with E-state index in [9.17, 15) is 9.18 Å². The molecule has 0 radical (unpaired) electrons. The number of carbonyl (C=O) groups is 1. The van der Waals surface area contributed by atoms with Crippen LogP contribution in [-0.4, -0.2) is 40.8 Å². The van der Waals surface area contributed by atoms with Crippen LogP contribution >= 0.6 is 34.8 Å². The molecule has 1 aromatic rings. The van der Waals surface area contributed by atoms with Gasteiger partial charge in [0.05, 0.1) is 0 Å². The van der Waals surface area contributed by atoms with Gasteiger partial charge in [-0.3, -0.25) is 4.79 Å². The van der Waals surface area contributed by atoms with E-state index in [1.807, 2.05) is 0 Å². The Bertz CT molecular complexity index is 453. The molecule has 0 bridgehead atoms. The Kier molecular flexibility index (Phi) is 4.43. The fraction of sp³-hybridized carbons (Fsp3) is 0.417. The fourth-order valence-electron chi connectivity index (χ4n) is 2.00. The molecule has 0 unspecified atom stereocenters. The SMILES string of the molecule is O=C(N1CCN(c2ccc(F)cc2)CC1)C(Cl)(Cl)Cl. The first kappa shape index (κ1) is 14.7. The van der Waals surface area contributed by atoms with Gasteiger partial charge >= 0.3 is 0 Å². The maximum atomic E-state index is 12.8. The van der Waals surface area contributed by atoms with Crippen LogP contribution in [0.5, 0.6) is 0 Å². The molecule has 1 aliphatic rings. The summed E-state index contributed by atoms with van der Waals surface area (Å²) in [6.45, 7) is 2.20. The maximum Gasteiger partial charge on any atom is 0.274 e. The summed E-state index contributed by atoms with van der Waals surface area (Å²) in [5.74, 6) is -0.773. The van der Waals surface area contributed by atoms with Crippen LogP contribution in [0.25, 0.3) is 0 Å². The van der Waals surface area contributed by atoms with E-state index in [0.29, 0.717) is 26.2 Å². The molecular formula is C12H12Cl3FN2O. The predicted molar refractivity (Wildman–Crippen MR) is 75.5 cm³/mol. The smallest absolute Gasteiger partial charge is 0.274 e. The van der Waals surface area contributed by atoms with Crippen molar-refractivity contribution in [2.45, 2.75) is 3.79 Å². The molecule has 1 saturated heterocycles. The van der Waals surface area contributed by atoms with Crippen LogP contribution in [-0.2, 0) is 4.79 Å². The number of carbonyl (C=O) groups excluding carboxylic acids is 1. The number of nitrogens with zero attached hydrogens (tertiary/aromatic N) is 2. The number of benzene rings is 1. The Balaban J connectivity index is 1.96. The molecular weight excluding hydrogens is 314 g/mol. The van der Waals surface area contributed by atoms with Crippen molar-refractivity contribution in [2.75, 3.05) is 31.1 Å². The number of rotatable bonds is 1. The summed E-state index contributed by atoms with van der Waals surface area (Å²) in [7, 11) is 0. The maximum absolute atomic E-state index is 12.8. The first-order valence-electron chi connectivity index (χ1n) is 5.74. The van der Waals surface area contributed by atoms with Crippen LogP contribution < -0.4 is 4.90 Å². The minimum atomic E-state index is -1.90. The lowest BCUT2D eigenvalue weighted by atomic mass is 10.2. The molecule has 0 saturated carbocycles. The number of amides is 1. The molecule has 0 aliphatic carbocycles. The van der Waals surface area contributed by atoms with Gasteiger partial charge in [0.2, 0.25) is 0 Å². The van der Waals surface area contributed by atoms with Gasteiger partial charge in [0.25, 0.3) is 9.70 Å². The summed E-state index contributed by atoms with van der Waals surface area (Å²) in [4.78, 5) is 15.3. The number of alkyl halides is 3. The van der Waals surface area contributed by atoms with Crippen LogP contribution in [0.15, 0.2) is 24.3 Å². The van der Waals surface area contributed by atoms with E-state index in [1.165, 1.54) is 17.0 Å². The molecule has 0 N–H and O–H groups in total. The molecule has 2 rings (SSSR count). The Labute approximate surface area is 125 Å². The highest BCUT2D eigenvalue weighted by Crippen LogP contribution is 2.29. The molecule has 1 amide bonds. The lowest BCUT2D eigenvalue weighted by Gasteiger charge is -2.37. The molecule has 104 valence electrons. The van der Waals surface area contributed by atoms with Gasteiger partial charge in [0.15, 0.2) is 0 Å². The predicted octanol–water partition coefficient (Wildman–Crippen LogP) is 2.84. The molecule has 7 heteroatoms. The van der Waals surface area contributed by atoms with Crippen molar-refractivity contribution < 1.29 is 9.18 Å². The monoisotopic (exact) mass is 324 g/mol. The van der Waals surface area contributed by atoms with Gasteiger partial charge in [-0.1, -0.05) is 34.8 Å². The molecule has 1 aromatic carbocycles. The van der Waals surface area contributed by atoms with Crippen LogP contribution in [0.4, 0.5) is 10.1 Å². The number of anilines is 1. The molecule has 1 heterocycles. The Morgan fingerprint density at radius 2 is 1.58 bits per heavy atom. The van der Waals surface area contributed by atoms with Gasteiger partial charge in [-0.15, -0.1) is 0 Å². The van der Waals surface area contributed by atoms with Crippen LogP contribution in [0.3, 0.4) is 0 Å². The number of piperazine rings is 1. The zero-order chi connectivity index (χ0) is 14.0. The molecule has 19 heavy (non-hydrogen) atoms. The quantitative estimate of drug-likeness (QED) is 0.741. The van der Waals surface area contributed by atoms with E-state index in [4.69, 9.17) is 34.8 Å². The van der Waals surface area contributed by atoms with Gasteiger partial charge in [-0.25, -0.2) is 4.39 Å². The van der Waals surface area contributed by atoms with Crippen LogP contribution in [0.1, 0.15) is 0 Å². The average molecular weight is 326 g/mol. The summed E-state index contributed by atoms with van der Waals surface area (Å²) in [6, 6.07) is 6.24. The van der Waals surface area contributed by atoms with Crippen molar-refractivity contribution in [1.29, 1.82) is 0 Å². The molecule has 0 spiro atoms. The van der Waals surface area contributed by atoms with Gasteiger partial charge in [-0.2, -0.15) is 0 Å². The standard InChI is InChI=1S/C12H12Cl3FN2O/c13-12(14,15)11(19)18-7-5-17(6-8-18)10-3-1-9(16)2-4-10/h1-4H,5-8H2. The summed E-state index contributed by atoms with van der Waals surface area (Å²) >= 11 is 16.7. The largest absolute Gasteiger partial charge is 0.368 e. The van der Waals surface area contributed by atoms with Gasteiger partial charge in [0.1, 0.15) is 5.82 Å². The number of hydrogen-bond acceptors (Lipinski definition) is 2. The van der Waals surface area contributed by atoms with E-state index in [0.717, 1.165) is 5.69 Å². The first-order valence-corrected chi connectivity index (χ1v) is 6.88. The highest BCUT2D eigenvalue weighted by atomic mass is 35.6. The van der Waals surface area contributed by atoms with Gasteiger partial charge in [-0.05, 0) is 24.3 Å². The minimum Gasteiger partial charge on any atom is -0.368 e. The van der Waals surface area contributed by atoms with Crippen molar-refractivity contribution in [3.8, 4) is 0 Å². The molecule has 3 nitrogen and oxygen atoms in total. The summed E-state index contributed by atoms with van der Waals surface area (Å²) in [5.41, 5.74) is 0.919. The third-order valence-corrected chi connectivity index (χ3v) is 3.49. The summed E-state index contributed by atoms with van der Waals surface area (Å²) < 4.78 is 10.9. The third kappa shape index (κ3) is 3.65. The topological polar surface area (TPSA) is 23.6 Å². The van der Waals surface area contributed by atoms with E-state index < -0.39 is 9.70 Å². The normalized spacial score (nSPS) is 16.6. The zero-order valence-corrected chi connectivity index (χ0v) is 12.2. The zero-order valence-electron chi connectivity index (χ0n) is 9.95. The second kappa shape index (κ2) is 5.73. The highest BCUT2D eigenvalue weighted by Gasteiger charge is 2.36. The van der Waals surface area contributed by atoms with Crippen molar-refractivity contribution in [3.63, 3.8) is 0 Å². The number of halogens is 4. The molecule has 1 fully saturated rings. The highest BCUT2D eigenvalue weighted by molar-refractivity contribution is 6.76. The Morgan fingerprint density at radius 3 is 2.05 bits per heavy atom. The molecule has 0 atom stereocenters. The van der Waals surface area contributed by atoms with Crippen LogP contribution in [0, 0.1) is 5.82 Å². The van der Waals surface area contributed by atoms with E-state index in [2.05, 4.69) is 4.90 Å². The number of hydrogen-bond donors (Lipinski definition) is 0. The van der Waals surface area contributed by atoms with E-state index in [-0.39, 0.29) is 5.82 Å². The van der Waals surface area contributed by atoms with Crippen molar-refractivity contribution in [3.05, 3.63) is 30.1 Å².